The van der Waals surface area contributed by atoms with Gasteiger partial charge >= 0.3 is 5.63 Å². The van der Waals surface area contributed by atoms with Gasteiger partial charge in [-0.15, -0.1) is 11.3 Å². The molecule has 0 bridgehead atoms. The number of benzene rings is 1. The van der Waals surface area contributed by atoms with Crippen molar-refractivity contribution in [3.63, 3.8) is 0 Å². The van der Waals surface area contributed by atoms with E-state index in [2.05, 4.69) is 21.7 Å². The van der Waals surface area contributed by atoms with Gasteiger partial charge in [-0.1, -0.05) is 30.7 Å². The van der Waals surface area contributed by atoms with Gasteiger partial charge in [0.1, 0.15) is 11.1 Å². The van der Waals surface area contributed by atoms with Crippen LogP contribution >= 0.6 is 11.3 Å². The number of thiophene rings is 1. The minimum atomic E-state index is -0.600. The highest BCUT2D eigenvalue weighted by Crippen LogP contribution is 2.27. The molecule has 1 unspecified atom stereocenters. The smallest absolute Gasteiger partial charge is 0.349 e. The Balaban J connectivity index is 1.53. The summed E-state index contributed by atoms with van der Waals surface area (Å²) in [6.07, 6.45) is 3.63. The molecule has 2 aromatic heterocycles. The van der Waals surface area contributed by atoms with Crippen LogP contribution in [0.5, 0.6) is 0 Å². The Morgan fingerprint density at radius 1 is 1.15 bits per heavy atom. The number of nitrogens with one attached hydrogen (secondary N) is 1. The van der Waals surface area contributed by atoms with Crippen molar-refractivity contribution in [1.29, 1.82) is 0 Å². The molecule has 0 radical (unpaired) electrons. The number of hydrogen-bond donors (Lipinski definition) is 1. The van der Waals surface area contributed by atoms with E-state index < -0.39 is 5.63 Å². The molecule has 6 heteroatoms. The first-order valence-electron chi connectivity index (χ1n) is 9.31. The van der Waals surface area contributed by atoms with Crippen LogP contribution < -0.4 is 10.9 Å². The van der Waals surface area contributed by atoms with Crippen molar-refractivity contribution in [3.8, 4) is 0 Å². The fourth-order valence-electron chi connectivity index (χ4n) is 3.63. The zero-order valence-corrected chi connectivity index (χ0v) is 15.8. The van der Waals surface area contributed by atoms with Gasteiger partial charge in [-0.05, 0) is 49.5 Å². The van der Waals surface area contributed by atoms with Gasteiger partial charge < -0.3 is 9.73 Å². The minimum Gasteiger partial charge on any atom is -0.422 e. The van der Waals surface area contributed by atoms with Gasteiger partial charge in [-0.3, -0.25) is 9.69 Å². The van der Waals surface area contributed by atoms with E-state index in [0.29, 0.717) is 12.1 Å². The van der Waals surface area contributed by atoms with E-state index in [1.54, 1.807) is 29.5 Å². The lowest BCUT2D eigenvalue weighted by atomic mass is 10.1. The SMILES string of the molecule is O=C(NCC(c1cccs1)N1CCCCC1)c1cc2ccccc2oc1=O. The van der Waals surface area contributed by atoms with Gasteiger partial charge in [0, 0.05) is 16.8 Å². The number of piperidine rings is 1. The number of likely N-dealkylation sites (tertiary alicyclic amines) is 1. The minimum absolute atomic E-state index is 0.0530. The second-order valence-electron chi connectivity index (χ2n) is 6.82. The van der Waals surface area contributed by atoms with Gasteiger partial charge in [0.05, 0.1) is 6.04 Å². The molecule has 27 heavy (non-hydrogen) atoms. The Hall–Kier alpha value is -2.44. The number of carbonyl (C=O) groups excluding carboxylic acids is 1. The Labute approximate surface area is 161 Å². The largest absolute Gasteiger partial charge is 0.422 e. The molecule has 1 fully saturated rings. The van der Waals surface area contributed by atoms with E-state index in [0.717, 1.165) is 18.5 Å². The standard InChI is InChI=1S/C21H22N2O3S/c24-20(16-13-15-7-2-3-8-18(15)26-21(16)25)22-14-17(19-9-6-12-27-19)23-10-4-1-5-11-23/h2-3,6-9,12-13,17H,1,4-5,10-11,14H2,(H,22,24). The summed E-state index contributed by atoms with van der Waals surface area (Å²) in [5, 5.41) is 5.76. The summed E-state index contributed by atoms with van der Waals surface area (Å²) in [5.41, 5.74) is -0.0575. The van der Waals surface area contributed by atoms with E-state index >= 15 is 0 Å². The quantitative estimate of drug-likeness (QED) is 0.682. The summed E-state index contributed by atoms with van der Waals surface area (Å²) < 4.78 is 5.28. The first kappa shape index (κ1) is 17.9. The number of carbonyl (C=O) groups is 1. The normalized spacial score (nSPS) is 16.3. The molecule has 1 saturated heterocycles. The monoisotopic (exact) mass is 382 g/mol. The van der Waals surface area contributed by atoms with Crippen LogP contribution in [0.25, 0.3) is 11.0 Å². The zero-order valence-electron chi connectivity index (χ0n) is 15.0. The van der Waals surface area contributed by atoms with Crippen molar-refractivity contribution in [2.45, 2.75) is 25.3 Å². The molecule has 0 saturated carbocycles. The van der Waals surface area contributed by atoms with Crippen molar-refractivity contribution < 1.29 is 9.21 Å². The van der Waals surface area contributed by atoms with Crippen molar-refractivity contribution >= 4 is 28.2 Å². The van der Waals surface area contributed by atoms with Crippen molar-refractivity contribution in [3.05, 3.63) is 68.7 Å². The van der Waals surface area contributed by atoms with E-state index in [9.17, 15) is 9.59 Å². The fraction of sp³-hybridized carbons (Fsp3) is 0.333. The van der Waals surface area contributed by atoms with Crippen LogP contribution in [0.4, 0.5) is 0 Å². The highest BCUT2D eigenvalue weighted by Gasteiger charge is 2.24. The molecule has 5 nitrogen and oxygen atoms in total. The summed E-state index contributed by atoms with van der Waals surface area (Å²) in [5.74, 6) is -0.381. The number of rotatable bonds is 5. The number of hydrogen-bond acceptors (Lipinski definition) is 5. The number of fused-ring (bicyclic) bond motifs is 1. The molecule has 1 atom stereocenters. The van der Waals surface area contributed by atoms with E-state index in [-0.39, 0.29) is 17.5 Å². The predicted molar refractivity (Wildman–Crippen MR) is 107 cm³/mol. The third-order valence-corrected chi connectivity index (χ3v) is 6.02. The van der Waals surface area contributed by atoms with Crippen LogP contribution in [-0.4, -0.2) is 30.4 Å². The Kier molecular flexibility index (Phi) is 5.36. The molecule has 1 aliphatic heterocycles. The van der Waals surface area contributed by atoms with Crippen LogP contribution in [0.3, 0.4) is 0 Å². The van der Waals surface area contributed by atoms with E-state index in [4.69, 9.17) is 4.42 Å². The van der Waals surface area contributed by atoms with Crippen molar-refractivity contribution in [2.24, 2.45) is 0 Å². The molecule has 0 aliphatic carbocycles. The van der Waals surface area contributed by atoms with Gasteiger partial charge in [0.2, 0.25) is 0 Å². The summed E-state index contributed by atoms with van der Waals surface area (Å²) >= 11 is 1.70. The molecule has 1 aromatic carbocycles. The van der Waals surface area contributed by atoms with Crippen LogP contribution in [0.1, 0.15) is 40.5 Å². The van der Waals surface area contributed by atoms with Crippen LogP contribution in [-0.2, 0) is 0 Å². The van der Waals surface area contributed by atoms with Crippen LogP contribution in [0.15, 0.2) is 57.1 Å². The average molecular weight is 382 g/mol. The highest BCUT2D eigenvalue weighted by atomic mass is 32.1. The van der Waals surface area contributed by atoms with Crippen molar-refractivity contribution in [2.75, 3.05) is 19.6 Å². The zero-order chi connectivity index (χ0) is 18.6. The van der Waals surface area contributed by atoms with Gasteiger partial charge in [0.15, 0.2) is 0 Å². The van der Waals surface area contributed by atoms with E-state index in [1.807, 2.05) is 18.2 Å². The lowest BCUT2D eigenvalue weighted by Gasteiger charge is -2.34. The lowest BCUT2D eigenvalue weighted by Crippen LogP contribution is -2.41. The van der Waals surface area contributed by atoms with Gasteiger partial charge in [-0.25, -0.2) is 4.79 Å². The summed E-state index contributed by atoms with van der Waals surface area (Å²) in [6.45, 7) is 2.55. The number of nitrogens with zero attached hydrogens (tertiary/aromatic N) is 1. The van der Waals surface area contributed by atoms with Crippen LogP contribution in [0.2, 0.25) is 0 Å². The molecular weight excluding hydrogens is 360 g/mol. The molecule has 0 spiro atoms. The maximum atomic E-state index is 12.7. The predicted octanol–water partition coefficient (Wildman–Crippen LogP) is 3.81. The molecule has 140 valence electrons. The molecule has 4 rings (SSSR count). The Bertz CT molecular complexity index is 975. The first-order chi connectivity index (χ1) is 13.2. The Morgan fingerprint density at radius 2 is 1.96 bits per heavy atom. The molecular formula is C21H22N2O3S. The number of amides is 1. The van der Waals surface area contributed by atoms with Gasteiger partial charge in [-0.2, -0.15) is 0 Å². The average Bonchev–Trinajstić information content (AvgIpc) is 3.23. The lowest BCUT2D eigenvalue weighted by molar-refractivity contribution is 0.0922. The summed E-state index contributed by atoms with van der Waals surface area (Å²) in [6, 6.07) is 13.1. The van der Waals surface area contributed by atoms with Crippen LogP contribution in [0, 0.1) is 0 Å². The highest BCUT2D eigenvalue weighted by molar-refractivity contribution is 7.10. The fourth-order valence-corrected chi connectivity index (χ4v) is 4.49. The van der Waals surface area contributed by atoms with Gasteiger partial charge in [0.25, 0.3) is 5.91 Å². The summed E-state index contributed by atoms with van der Waals surface area (Å²) in [4.78, 5) is 28.6. The molecule has 1 amide bonds. The van der Waals surface area contributed by atoms with Crippen molar-refractivity contribution in [1.82, 2.24) is 10.2 Å². The second-order valence-corrected chi connectivity index (χ2v) is 7.80. The maximum Gasteiger partial charge on any atom is 0.349 e. The third-order valence-electron chi connectivity index (χ3n) is 5.05. The molecule has 1 N–H and O–H groups in total. The number of para-hydroxylation sites is 1. The Morgan fingerprint density at radius 3 is 2.74 bits per heavy atom. The molecule has 3 heterocycles. The second kappa shape index (κ2) is 8.06. The van der Waals surface area contributed by atoms with E-state index in [1.165, 1.54) is 24.1 Å². The third kappa shape index (κ3) is 3.96. The maximum absolute atomic E-state index is 12.7. The summed E-state index contributed by atoms with van der Waals surface area (Å²) in [7, 11) is 0. The molecule has 1 aliphatic rings. The molecule has 3 aromatic rings. The topological polar surface area (TPSA) is 62.6 Å². The first-order valence-corrected chi connectivity index (χ1v) is 10.2.